The van der Waals surface area contributed by atoms with Crippen LogP contribution in [0.2, 0.25) is 0 Å². The Balaban J connectivity index is 1.33. The number of likely N-dealkylation sites (tertiary alicyclic amines) is 1. The molecule has 3 heterocycles. The lowest BCUT2D eigenvalue weighted by Gasteiger charge is -2.38. The average Bonchev–Trinajstić information content (AvgIpc) is 3.36. The molecule has 0 spiro atoms. The number of hydrogen-bond donors (Lipinski definition) is 1. The zero-order chi connectivity index (χ0) is 24.1. The summed E-state index contributed by atoms with van der Waals surface area (Å²) in [6.07, 6.45) is 2.68. The van der Waals surface area contributed by atoms with Crippen molar-refractivity contribution in [3.8, 4) is 0 Å². The lowest BCUT2D eigenvalue weighted by Crippen LogP contribution is -2.53. The van der Waals surface area contributed by atoms with E-state index in [0.29, 0.717) is 18.8 Å². The fourth-order valence-electron chi connectivity index (χ4n) is 4.49. The van der Waals surface area contributed by atoms with Crippen LogP contribution in [0.15, 0.2) is 24.3 Å². The number of anilines is 1. The van der Waals surface area contributed by atoms with Gasteiger partial charge < -0.3 is 15.1 Å². The predicted octanol–water partition coefficient (Wildman–Crippen LogP) is 2.51. The van der Waals surface area contributed by atoms with E-state index in [4.69, 9.17) is 0 Å². The molecule has 2 fully saturated rings. The van der Waals surface area contributed by atoms with E-state index in [-0.39, 0.29) is 27.7 Å². The largest absolute Gasteiger partial charge is 0.340 e. The van der Waals surface area contributed by atoms with Crippen molar-refractivity contribution in [2.24, 2.45) is 5.92 Å². The number of rotatable bonds is 6. The summed E-state index contributed by atoms with van der Waals surface area (Å²) < 4.78 is 0. The monoisotopic (exact) mass is 484 g/mol. The number of piperidine rings is 1. The third-order valence-corrected chi connectivity index (χ3v) is 7.30. The van der Waals surface area contributed by atoms with Crippen molar-refractivity contribution in [1.82, 2.24) is 24.9 Å². The van der Waals surface area contributed by atoms with Crippen LogP contribution in [0.4, 0.5) is 5.69 Å². The van der Waals surface area contributed by atoms with Gasteiger partial charge in [-0.1, -0.05) is 36.0 Å². The molecule has 2 aromatic rings. The molecule has 0 bridgehead atoms. The number of piperazine rings is 1. The maximum atomic E-state index is 13.1. The number of carbonyl (C=O) groups excluding carboxylic acids is 3. The molecule has 2 aliphatic rings. The van der Waals surface area contributed by atoms with E-state index in [0.717, 1.165) is 68.9 Å². The van der Waals surface area contributed by atoms with E-state index in [1.165, 1.54) is 0 Å². The summed E-state index contributed by atoms with van der Waals surface area (Å²) in [5.74, 6) is -0.705. The molecule has 34 heavy (non-hydrogen) atoms. The second kappa shape index (κ2) is 11.1. The van der Waals surface area contributed by atoms with Gasteiger partial charge >= 0.3 is 0 Å². The Bertz CT molecular complexity index is 1020. The van der Waals surface area contributed by atoms with Crippen molar-refractivity contribution < 1.29 is 14.4 Å². The number of nitrogens with one attached hydrogen (secondary N) is 1. The zero-order valence-electron chi connectivity index (χ0n) is 19.8. The molecule has 9 nitrogen and oxygen atoms in total. The molecule has 1 aromatic carbocycles. The van der Waals surface area contributed by atoms with Crippen molar-refractivity contribution >= 4 is 34.7 Å². The van der Waals surface area contributed by atoms with E-state index in [9.17, 15) is 14.4 Å². The fourth-order valence-corrected chi connectivity index (χ4v) is 5.19. The molecular formula is C24H32N6O3S. The average molecular weight is 485 g/mol. The first-order chi connectivity index (χ1) is 16.4. The van der Waals surface area contributed by atoms with Gasteiger partial charge in [-0.15, -0.1) is 10.2 Å². The van der Waals surface area contributed by atoms with Gasteiger partial charge in [0.2, 0.25) is 15.9 Å². The predicted molar refractivity (Wildman–Crippen MR) is 131 cm³/mol. The number of nitrogens with zero attached hydrogens (tertiary/aromatic N) is 5. The highest BCUT2D eigenvalue weighted by Gasteiger charge is 2.34. The molecule has 1 unspecified atom stereocenters. The lowest BCUT2D eigenvalue weighted by molar-refractivity contribution is -0.138. The van der Waals surface area contributed by atoms with Crippen molar-refractivity contribution in [2.45, 2.75) is 33.1 Å². The van der Waals surface area contributed by atoms with Crippen LogP contribution < -0.4 is 5.32 Å². The van der Waals surface area contributed by atoms with Crippen LogP contribution in [0, 0.1) is 12.8 Å². The molecule has 2 aliphatic heterocycles. The molecule has 1 atom stereocenters. The van der Waals surface area contributed by atoms with Gasteiger partial charge in [0.1, 0.15) is 0 Å². The maximum Gasteiger partial charge on any atom is 0.286 e. The summed E-state index contributed by atoms with van der Waals surface area (Å²) in [5, 5.41) is 11.0. The summed E-state index contributed by atoms with van der Waals surface area (Å²) in [4.78, 5) is 44.7. The van der Waals surface area contributed by atoms with Gasteiger partial charge in [0.25, 0.3) is 11.8 Å². The van der Waals surface area contributed by atoms with Crippen LogP contribution in [0.5, 0.6) is 0 Å². The molecule has 182 valence electrons. The standard InChI is InChI=1S/C24H32N6O3S/c1-3-10-28-12-14-29(15-13-28)23(32)18-5-4-11-30(16-18)24(33)22-27-26-21(34-22)20(31)25-19-8-6-17(2)7-9-19/h6-9,18H,3-5,10-16H2,1-2H3,(H,25,31). The smallest absolute Gasteiger partial charge is 0.286 e. The Labute approximate surface area is 204 Å². The minimum Gasteiger partial charge on any atom is -0.340 e. The van der Waals surface area contributed by atoms with Gasteiger partial charge in [0, 0.05) is 45.0 Å². The van der Waals surface area contributed by atoms with Gasteiger partial charge in [-0.3, -0.25) is 19.3 Å². The van der Waals surface area contributed by atoms with Crippen molar-refractivity contribution in [1.29, 1.82) is 0 Å². The summed E-state index contributed by atoms with van der Waals surface area (Å²) in [7, 11) is 0. The van der Waals surface area contributed by atoms with Crippen LogP contribution in [-0.2, 0) is 4.79 Å². The van der Waals surface area contributed by atoms with E-state index >= 15 is 0 Å². The summed E-state index contributed by atoms with van der Waals surface area (Å²) in [5.41, 5.74) is 1.76. The van der Waals surface area contributed by atoms with Gasteiger partial charge in [-0.05, 0) is 44.9 Å². The van der Waals surface area contributed by atoms with Crippen LogP contribution in [-0.4, -0.2) is 88.4 Å². The highest BCUT2D eigenvalue weighted by atomic mass is 32.1. The number of benzene rings is 1. The Kier molecular flexibility index (Phi) is 7.89. The number of aryl methyl sites for hydroxylation is 1. The minimum atomic E-state index is -0.394. The second-order valence-corrected chi connectivity index (χ2v) is 9.97. The third-order valence-electron chi connectivity index (χ3n) is 6.39. The topological polar surface area (TPSA) is 98.7 Å². The van der Waals surface area contributed by atoms with Gasteiger partial charge in [0.05, 0.1) is 5.92 Å². The molecule has 10 heteroatoms. The molecule has 3 amide bonds. The summed E-state index contributed by atoms with van der Waals surface area (Å²) in [6, 6.07) is 7.44. The number of amides is 3. The molecule has 2 saturated heterocycles. The van der Waals surface area contributed by atoms with Crippen molar-refractivity contribution in [2.75, 3.05) is 51.1 Å². The number of aromatic nitrogens is 2. The molecule has 0 radical (unpaired) electrons. The Morgan fingerprint density at radius 1 is 1.00 bits per heavy atom. The van der Waals surface area contributed by atoms with E-state index in [2.05, 4.69) is 27.3 Å². The van der Waals surface area contributed by atoms with Gasteiger partial charge in [-0.2, -0.15) is 0 Å². The van der Waals surface area contributed by atoms with Crippen molar-refractivity contribution in [3.63, 3.8) is 0 Å². The molecule has 1 aromatic heterocycles. The Morgan fingerprint density at radius 2 is 1.71 bits per heavy atom. The zero-order valence-corrected chi connectivity index (χ0v) is 20.6. The maximum absolute atomic E-state index is 13.1. The van der Waals surface area contributed by atoms with E-state index in [1.807, 2.05) is 36.1 Å². The molecule has 1 N–H and O–H groups in total. The Hall–Kier alpha value is -2.85. The Morgan fingerprint density at radius 3 is 2.41 bits per heavy atom. The first-order valence-corrected chi connectivity index (χ1v) is 12.8. The first kappa shape index (κ1) is 24.3. The quantitative estimate of drug-likeness (QED) is 0.677. The summed E-state index contributed by atoms with van der Waals surface area (Å²) in [6.45, 7) is 9.50. The SMILES string of the molecule is CCCN1CCN(C(=O)C2CCCN(C(=O)c3nnc(C(=O)Nc4ccc(C)cc4)s3)C2)CC1. The summed E-state index contributed by atoms with van der Waals surface area (Å²) >= 11 is 0.981. The minimum absolute atomic E-state index is 0.138. The lowest BCUT2D eigenvalue weighted by atomic mass is 9.96. The van der Waals surface area contributed by atoms with E-state index in [1.54, 1.807) is 4.90 Å². The van der Waals surface area contributed by atoms with Crippen LogP contribution in [0.3, 0.4) is 0 Å². The number of hydrogen-bond acceptors (Lipinski definition) is 7. The van der Waals surface area contributed by atoms with Crippen LogP contribution in [0.25, 0.3) is 0 Å². The second-order valence-electron chi connectivity index (χ2n) is 8.99. The normalized spacial score (nSPS) is 19.2. The molecular weight excluding hydrogens is 452 g/mol. The van der Waals surface area contributed by atoms with Crippen molar-refractivity contribution in [3.05, 3.63) is 39.8 Å². The highest BCUT2D eigenvalue weighted by molar-refractivity contribution is 7.15. The molecule has 4 rings (SSSR count). The third kappa shape index (κ3) is 5.79. The van der Waals surface area contributed by atoms with Gasteiger partial charge in [-0.25, -0.2) is 0 Å². The number of carbonyl (C=O) groups is 3. The first-order valence-electron chi connectivity index (χ1n) is 12.0. The van der Waals surface area contributed by atoms with Crippen LogP contribution in [0.1, 0.15) is 51.4 Å². The van der Waals surface area contributed by atoms with Gasteiger partial charge in [0.15, 0.2) is 0 Å². The molecule has 0 saturated carbocycles. The molecule has 0 aliphatic carbocycles. The fraction of sp³-hybridized carbons (Fsp3) is 0.542. The van der Waals surface area contributed by atoms with Crippen LogP contribution >= 0.6 is 11.3 Å². The van der Waals surface area contributed by atoms with E-state index < -0.39 is 5.91 Å². The highest BCUT2D eigenvalue weighted by Crippen LogP contribution is 2.23.